The Hall–Kier alpha value is -1.12. The summed E-state index contributed by atoms with van der Waals surface area (Å²) < 4.78 is 9.33. The number of nitrogens with zero attached hydrogens (tertiary/aromatic N) is 2. The van der Waals surface area contributed by atoms with Gasteiger partial charge in [-0.1, -0.05) is 13.8 Å². The molecule has 0 bridgehead atoms. The summed E-state index contributed by atoms with van der Waals surface area (Å²) in [7, 11) is 1.68. The van der Waals surface area contributed by atoms with Crippen LogP contribution in [0.15, 0.2) is 0 Å². The van der Waals surface area contributed by atoms with E-state index in [1.165, 1.54) is 11.5 Å². The number of anilines is 1. The molecule has 0 fully saturated rings. The van der Waals surface area contributed by atoms with Gasteiger partial charge in [0.2, 0.25) is 0 Å². The lowest BCUT2D eigenvalue weighted by molar-refractivity contribution is 0.171. The van der Waals surface area contributed by atoms with Crippen molar-refractivity contribution in [3.63, 3.8) is 0 Å². The molecule has 5 heteroatoms. The fourth-order valence-corrected chi connectivity index (χ4v) is 2.16. The zero-order valence-electron chi connectivity index (χ0n) is 10.1. The minimum absolute atomic E-state index is 0.206. The van der Waals surface area contributed by atoms with Gasteiger partial charge in [-0.05, 0) is 24.4 Å². The monoisotopic (exact) mass is 239 g/mol. The van der Waals surface area contributed by atoms with Crippen LogP contribution in [0.1, 0.15) is 25.1 Å². The van der Waals surface area contributed by atoms with Gasteiger partial charge in [0, 0.05) is 7.11 Å². The molecule has 1 N–H and O–H groups in total. The van der Waals surface area contributed by atoms with Gasteiger partial charge < -0.3 is 10.1 Å². The Bertz CT molecular complexity index is 381. The van der Waals surface area contributed by atoms with Crippen LogP contribution in [0.3, 0.4) is 0 Å². The summed E-state index contributed by atoms with van der Waals surface area (Å²) in [6, 6.07) is 2.38. The van der Waals surface area contributed by atoms with Gasteiger partial charge in [-0.2, -0.15) is 9.64 Å². The van der Waals surface area contributed by atoms with E-state index in [4.69, 9.17) is 10.00 Å². The van der Waals surface area contributed by atoms with Gasteiger partial charge in [0.25, 0.3) is 0 Å². The van der Waals surface area contributed by atoms with Crippen LogP contribution in [0.5, 0.6) is 0 Å². The zero-order valence-corrected chi connectivity index (χ0v) is 10.9. The molecule has 0 aliphatic carbocycles. The lowest BCUT2D eigenvalue weighted by Crippen LogP contribution is -2.30. The van der Waals surface area contributed by atoms with Gasteiger partial charge in [0.15, 0.2) is 0 Å². The van der Waals surface area contributed by atoms with E-state index in [-0.39, 0.29) is 6.04 Å². The smallest absolute Gasteiger partial charge is 0.128 e. The summed E-state index contributed by atoms with van der Waals surface area (Å²) in [4.78, 5) is 0. The Labute approximate surface area is 100 Å². The fourth-order valence-electron chi connectivity index (χ4n) is 1.35. The highest BCUT2D eigenvalue weighted by molar-refractivity contribution is 7.10. The number of hydrogen-bond acceptors (Lipinski definition) is 5. The Kier molecular flexibility index (Phi) is 4.71. The molecule has 1 atom stereocenters. The van der Waals surface area contributed by atoms with Crippen LogP contribution in [0, 0.1) is 24.2 Å². The zero-order chi connectivity index (χ0) is 12.1. The molecule has 0 spiro atoms. The molecule has 88 valence electrons. The van der Waals surface area contributed by atoms with Gasteiger partial charge in [0.1, 0.15) is 16.6 Å². The molecular weight excluding hydrogens is 222 g/mol. The number of rotatable bonds is 5. The summed E-state index contributed by atoms with van der Waals surface area (Å²) in [6.45, 7) is 6.72. The molecule has 0 amide bonds. The van der Waals surface area contributed by atoms with E-state index in [1.54, 1.807) is 7.11 Å². The summed E-state index contributed by atoms with van der Waals surface area (Å²) in [5, 5.41) is 13.2. The molecule has 0 saturated heterocycles. The SMILES string of the molecule is COCC(Nc1snc(C)c1C#N)C(C)C. The normalized spacial score (nSPS) is 12.5. The van der Waals surface area contributed by atoms with Crippen LogP contribution in [-0.4, -0.2) is 24.1 Å². The number of aromatic nitrogens is 1. The number of methoxy groups -OCH3 is 1. The molecule has 0 aliphatic rings. The summed E-state index contributed by atoms with van der Waals surface area (Å²) in [5.41, 5.74) is 1.43. The lowest BCUT2D eigenvalue weighted by atomic mass is 10.1. The molecule has 1 heterocycles. The van der Waals surface area contributed by atoms with Crippen molar-refractivity contribution < 1.29 is 4.74 Å². The molecule has 1 aromatic heterocycles. The molecule has 0 aromatic carbocycles. The van der Waals surface area contributed by atoms with E-state index in [2.05, 4.69) is 29.6 Å². The Morgan fingerprint density at radius 2 is 2.25 bits per heavy atom. The molecule has 4 nitrogen and oxygen atoms in total. The average Bonchev–Trinajstić information content (AvgIpc) is 2.58. The third-order valence-corrected chi connectivity index (χ3v) is 3.31. The molecule has 0 saturated carbocycles. The third kappa shape index (κ3) is 2.94. The molecule has 1 rings (SSSR count). The van der Waals surface area contributed by atoms with Crippen molar-refractivity contribution in [2.24, 2.45) is 5.92 Å². The number of ether oxygens (including phenoxy) is 1. The minimum Gasteiger partial charge on any atom is -0.383 e. The maximum absolute atomic E-state index is 9.01. The van der Waals surface area contributed by atoms with E-state index >= 15 is 0 Å². The lowest BCUT2D eigenvalue weighted by Gasteiger charge is -2.21. The number of nitriles is 1. The Balaban J connectivity index is 2.81. The van der Waals surface area contributed by atoms with E-state index in [1.807, 2.05) is 6.92 Å². The highest BCUT2D eigenvalue weighted by Gasteiger charge is 2.17. The van der Waals surface area contributed by atoms with E-state index in [9.17, 15) is 0 Å². The second kappa shape index (κ2) is 5.83. The topological polar surface area (TPSA) is 57.9 Å². The molecule has 16 heavy (non-hydrogen) atoms. The summed E-state index contributed by atoms with van der Waals surface area (Å²) in [6.07, 6.45) is 0. The van der Waals surface area contributed by atoms with Crippen molar-refractivity contribution in [2.45, 2.75) is 26.8 Å². The van der Waals surface area contributed by atoms with Crippen LogP contribution < -0.4 is 5.32 Å². The van der Waals surface area contributed by atoms with Crippen molar-refractivity contribution in [1.82, 2.24) is 4.37 Å². The Morgan fingerprint density at radius 1 is 1.56 bits per heavy atom. The van der Waals surface area contributed by atoms with Gasteiger partial charge in [0.05, 0.1) is 18.3 Å². The maximum Gasteiger partial charge on any atom is 0.128 e. The summed E-state index contributed by atoms with van der Waals surface area (Å²) in [5.74, 6) is 0.439. The average molecular weight is 239 g/mol. The highest BCUT2D eigenvalue weighted by atomic mass is 32.1. The van der Waals surface area contributed by atoms with Crippen LogP contribution in [0.2, 0.25) is 0 Å². The van der Waals surface area contributed by atoms with Crippen molar-refractivity contribution in [3.8, 4) is 6.07 Å². The van der Waals surface area contributed by atoms with Gasteiger partial charge in [-0.3, -0.25) is 0 Å². The van der Waals surface area contributed by atoms with E-state index in [0.29, 0.717) is 18.1 Å². The fraction of sp³-hybridized carbons (Fsp3) is 0.636. The predicted octanol–water partition coefficient (Wildman–Crippen LogP) is 2.41. The molecule has 0 radical (unpaired) electrons. The van der Waals surface area contributed by atoms with Crippen LogP contribution in [0.25, 0.3) is 0 Å². The van der Waals surface area contributed by atoms with E-state index in [0.717, 1.165) is 10.7 Å². The van der Waals surface area contributed by atoms with Crippen molar-refractivity contribution in [3.05, 3.63) is 11.3 Å². The van der Waals surface area contributed by atoms with Gasteiger partial charge >= 0.3 is 0 Å². The van der Waals surface area contributed by atoms with Gasteiger partial charge in [-0.25, -0.2) is 0 Å². The molecule has 1 unspecified atom stereocenters. The number of aryl methyl sites for hydroxylation is 1. The first-order chi connectivity index (χ1) is 7.60. The largest absolute Gasteiger partial charge is 0.383 e. The van der Waals surface area contributed by atoms with Crippen LogP contribution >= 0.6 is 11.5 Å². The Morgan fingerprint density at radius 3 is 2.75 bits per heavy atom. The van der Waals surface area contributed by atoms with Crippen LogP contribution in [0.4, 0.5) is 5.00 Å². The first-order valence-corrected chi connectivity index (χ1v) is 5.99. The quantitative estimate of drug-likeness (QED) is 0.857. The number of nitrogens with one attached hydrogen (secondary N) is 1. The van der Waals surface area contributed by atoms with Crippen molar-refractivity contribution >= 4 is 16.5 Å². The maximum atomic E-state index is 9.01. The first-order valence-electron chi connectivity index (χ1n) is 5.22. The standard InChI is InChI=1S/C11H17N3OS/c1-7(2)10(6-15-4)13-11-9(5-12)8(3)14-16-11/h7,10,13H,6H2,1-4H3. The molecule has 1 aromatic rings. The van der Waals surface area contributed by atoms with Crippen molar-refractivity contribution in [1.29, 1.82) is 5.26 Å². The van der Waals surface area contributed by atoms with Gasteiger partial charge in [-0.15, -0.1) is 0 Å². The highest BCUT2D eigenvalue weighted by Crippen LogP contribution is 2.25. The molecular formula is C11H17N3OS. The number of hydrogen-bond donors (Lipinski definition) is 1. The summed E-state index contributed by atoms with van der Waals surface area (Å²) >= 11 is 1.33. The second-order valence-electron chi connectivity index (χ2n) is 4.03. The minimum atomic E-state index is 0.206. The second-order valence-corrected chi connectivity index (χ2v) is 4.81. The molecule has 0 aliphatic heterocycles. The van der Waals surface area contributed by atoms with Crippen molar-refractivity contribution in [2.75, 3.05) is 19.0 Å². The predicted molar refractivity (Wildman–Crippen MR) is 65.7 cm³/mol. The first kappa shape index (κ1) is 12.9. The third-order valence-electron chi connectivity index (χ3n) is 2.44. The van der Waals surface area contributed by atoms with Crippen LogP contribution in [-0.2, 0) is 4.74 Å². The van der Waals surface area contributed by atoms with E-state index < -0.39 is 0 Å².